The van der Waals surface area contributed by atoms with Crippen LogP contribution in [0.2, 0.25) is 0 Å². The van der Waals surface area contributed by atoms with Crippen LogP contribution >= 0.6 is 11.3 Å². The average molecular weight is 302 g/mol. The zero-order valence-electron chi connectivity index (χ0n) is 11.0. The standard InChI is InChI=1S/C12H18N2O3S2/c1-8-11(18-7-13-8)12(15)14-9-4-3-5-10(6-9)19(2,16)17/h7,9-10H,3-6H2,1-2H3,(H,14,15). The van der Waals surface area contributed by atoms with Gasteiger partial charge in [0.2, 0.25) is 0 Å². The summed E-state index contributed by atoms with van der Waals surface area (Å²) in [6.07, 6.45) is 4.17. The van der Waals surface area contributed by atoms with Gasteiger partial charge in [0.15, 0.2) is 0 Å². The van der Waals surface area contributed by atoms with Crippen molar-refractivity contribution >= 4 is 27.1 Å². The van der Waals surface area contributed by atoms with Gasteiger partial charge in [-0.25, -0.2) is 13.4 Å². The van der Waals surface area contributed by atoms with Crippen molar-refractivity contribution in [3.05, 3.63) is 16.1 Å². The summed E-state index contributed by atoms with van der Waals surface area (Å²) in [5, 5.41) is 2.61. The Kier molecular flexibility index (Phi) is 4.25. The number of carbonyl (C=O) groups excluding carboxylic acids is 1. The summed E-state index contributed by atoms with van der Waals surface area (Å²) < 4.78 is 23.2. The third-order valence-corrected chi connectivity index (χ3v) is 6.09. The van der Waals surface area contributed by atoms with Crippen molar-refractivity contribution in [3.63, 3.8) is 0 Å². The molecule has 2 rings (SSSR count). The molecule has 7 heteroatoms. The Labute approximate surface area is 117 Å². The second kappa shape index (κ2) is 5.58. The van der Waals surface area contributed by atoms with E-state index in [1.165, 1.54) is 17.6 Å². The van der Waals surface area contributed by atoms with E-state index in [4.69, 9.17) is 0 Å². The van der Waals surface area contributed by atoms with Crippen LogP contribution in [0.25, 0.3) is 0 Å². The quantitative estimate of drug-likeness (QED) is 0.919. The van der Waals surface area contributed by atoms with Crippen LogP contribution in [0.3, 0.4) is 0 Å². The predicted octanol–water partition coefficient (Wildman–Crippen LogP) is 1.54. The molecular weight excluding hydrogens is 284 g/mol. The molecule has 1 aliphatic rings. The summed E-state index contributed by atoms with van der Waals surface area (Å²) in [5.41, 5.74) is 2.36. The minimum Gasteiger partial charge on any atom is -0.349 e. The molecule has 1 heterocycles. The zero-order valence-corrected chi connectivity index (χ0v) is 12.7. The number of nitrogens with one attached hydrogen (secondary N) is 1. The molecule has 106 valence electrons. The summed E-state index contributed by atoms with van der Waals surface area (Å²) in [6.45, 7) is 1.80. The van der Waals surface area contributed by atoms with E-state index in [2.05, 4.69) is 10.3 Å². The van der Waals surface area contributed by atoms with Gasteiger partial charge in [-0.1, -0.05) is 6.42 Å². The minimum atomic E-state index is -3.02. The third kappa shape index (κ3) is 3.54. The van der Waals surface area contributed by atoms with Gasteiger partial charge in [0.1, 0.15) is 14.7 Å². The summed E-state index contributed by atoms with van der Waals surface area (Å²) in [5.74, 6) is -0.140. The fourth-order valence-electron chi connectivity index (χ4n) is 2.44. The molecule has 1 aromatic rings. The maximum absolute atomic E-state index is 12.1. The maximum Gasteiger partial charge on any atom is 0.263 e. The lowest BCUT2D eigenvalue weighted by Crippen LogP contribution is -2.41. The Morgan fingerprint density at radius 1 is 1.47 bits per heavy atom. The molecule has 1 N–H and O–H groups in total. The lowest BCUT2D eigenvalue weighted by molar-refractivity contribution is 0.0931. The lowest BCUT2D eigenvalue weighted by Gasteiger charge is -2.28. The molecule has 1 amide bonds. The van der Waals surface area contributed by atoms with Gasteiger partial charge in [-0.05, 0) is 26.2 Å². The number of aromatic nitrogens is 1. The molecule has 0 aromatic carbocycles. The van der Waals surface area contributed by atoms with E-state index in [1.54, 1.807) is 12.4 Å². The first-order chi connectivity index (χ1) is 8.88. The number of carbonyl (C=O) groups is 1. The molecular formula is C12H18N2O3S2. The van der Waals surface area contributed by atoms with Crippen molar-refractivity contribution in [3.8, 4) is 0 Å². The maximum atomic E-state index is 12.1. The molecule has 0 aliphatic heterocycles. The average Bonchev–Trinajstić information content (AvgIpc) is 2.75. The molecule has 1 aliphatic carbocycles. The van der Waals surface area contributed by atoms with Gasteiger partial charge in [0, 0.05) is 12.3 Å². The second-order valence-corrected chi connectivity index (χ2v) is 8.24. The van der Waals surface area contributed by atoms with Crippen LogP contribution in [0, 0.1) is 6.92 Å². The van der Waals surface area contributed by atoms with Gasteiger partial charge in [-0.15, -0.1) is 11.3 Å². The number of nitrogens with zero attached hydrogens (tertiary/aromatic N) is 1. The van der Waals surface area contributed by atoms with Crippen molar-refractivity contribution in [1.82, 2.24) is 10.3 Å². The molecule has 1 aromatic heterocycles. The SMILES string of the molecule is Cc1ncsc1C(=O)NC1CCCC(S(C)(=O)=O)C1. The number of hydrogen-bond donors (Lipinski definition) is 1. The van der Waals surface area contributed by atoms with Crippen molar-refractivity contribution < 1.29 is 13.2 Å². The van der Waals surface area contributed by atoms with Crippen LogP contribution in [-0.2, 0) is 9.84 Å². The Balaban J connectivity index is 2.00. The molecule has 1 fully saturated rings. The van der Waals surface area contributed by atoms with E-state index in [0.717, 1.165) is 18.5 Å². The number of hydrogen-bond acceptors (Lipinski definition) is 5. The van der Waals surface area contributed by atoms with Crippen molar-refractivity contribution in [2.24, 2.45) is 0 Å². The molecule has 0 saturated heterocycles. The fourth-order valence-corrected chi connectivity index (χ4v) is 4.32. The van der Waals surface area contributed by atoms with Gasteiger partial charge < -0.3 is 5.32 Å². The Morgan fingerprint density at radius 3 is 2.79 bits per heavy atom. The molecule has 0 radical (unpaired) electrons. The summed E-state index contributed by atoms with van der Waals surface area (Å²) in [7, 11) is -3.02. The van der Waals surface area contributed by atoms with Crippen molar-refractivity contribution in [2.45, 2.75) is 43.9 Å². The van der Waals surface area contributed by atoms with Crippen LogP contribution in [0.5, 0.6) is 0 Å². The van der Waals surface area contributed by atoms with E-state index < -0.39 is 9.84 Å². The topological polar surface area (TPSA) is 76.1 Å². The van der Waals surface area contributed by atoms with Crippen LogP contribution in [0.1, 0.15) is 41.0 Å². The number of rotatable bonds is 3. The summed E-state index contributed by atoms with van der Waals surface area (Å²) in [4.78, 5) is 16.7. The van der Waals surface area contributed by atoms with Gasteiger partial charge in [0.25, 0.3) is 5.91 Å². The molecule has 19 heavy (non-hydrogen) atoms. The van der Waals surface area contributed by atoms with Crippen LogP contribution in [0.15, 0.2) is 5.51 Å². The van der Waals surface area contributed by atoms with Crippen molar-refractivity contribution in [2.75, 3.05) is 6.26 Å². The zero-order chi connectivity index (χ0) is 14.0. The highest BCUT2D eigenvalue weighted by molar-refractivity contribution is 7.91. The molecule has 5 nitrogen and oxygen atoms in total. The number of aryl methyl sites for hydroxylation is 1. The van der Waals surface area contributed by atoms with Crippen LogP contribution < -0.4 is 5.32 Å². The number of thiazole rings is 1. The summed E-state index contributed by atoms with van der Waals surface area (Å²) >= 11 is 1.31. The fraction of sp³-hybridized carbons (Fsp3) is 0.667. The van der Waals surface area contributed by atoms with Crippen molar-refractivity contribution in [1.29, 1.82) is 0 Å². The smallest absolute Gasteiger partial charge is 0.263 e. The first-order valence-electron chi connectivity index (χ1n) is 6.27. The second-order valence-electron chi connectivity index (χ2n) is 5.06. The number of amides is 1. The summed E-state index contributed by atoms with van der Waals surface area (Å²) in [6, 6.07) is -0.0533. The first-order valence-corrected chi connectivity index (χ1v) is 9.11. The molecule has 0 spiro atoms. The first kappa shape index (κ1) is 14.5. The highest BCUT2D eigenvalue weighted by Gasteiger charge is 2.30. The van der Waals surface area contributed by atoms with Crippen LogP contribution in [0.4, 0.5) is 0 Å². The monoisotopic (exact) mass is 302 g/mol. The van der Waals surface area contributed by atoms with Gasteiger partial charge >= 0.3 is 0 Å². The Bertz CT molecular complexity index is 565. The predicted molar refractivity (Wildman–Crippen MR) is 75.2 cm³/mol. The molecule has 2 unspecified atom stereocenters. The Morgan fingerprint density at radius 2 is 2.21 bits per heavy atom. The third-order valence-electron chi connectivity index (χ3n) is 3.52. The van der Waals surface area contributed by atoms with Gasteiger partial charge in [0.05, 0.1) is 16.5 Å². The molecule has 0 bridgehead atoms. The van der Waals surface area contributed by atoms with E-state index in [1.807, 2.05) is 0 Å². The van der Waals surface area contributed by atoms with E-state index in [9.17, 15) is 13.2 Å². The highest BCUT2D eigenvalue weighted by Crippen LogP contribution is 2.24. The van der Waals surface area contributed by atoms with Crippen LogP contribution in [-0.4, -0.2) is 36.9 Å². The van der Waals surface area contributed by atoms with E-state index in [0.29, 0.717) is 17.7 Å². The van der Waals surface area contributed by atoms with Gasteiger partial charge in [-0.3, -0.25) is 4.79 Å². The molecule has 2 atom stereocenters. The highest BCUT2D eigenvalue weighted by atomic mass is 32.2. The Hall–Kier alpha value is -0.950. The lowest BCUT2D eigenvalue weighted by atomic mass is 9.95. The van der Waals surface area contributed by atoms with E-state index in [-0.39, 0.29) is 17.2 Å². The van der Waals surface area contributed by atoms with E-state index >= 15 is 0 Å². The number of sulfone groups is 1. The largest absolute Gasteiger partial charge is 0.349 e. The molecule has 1 saturated carbocycles. The normalized spacial score (nSPS) is 24.1. The minimum absolute atomic E-state index is 0.0533. The van der Waals surface area contributed by atoms with Gasteiger partial charge in [-0.2, -0.15) is 0 Å².